The minimum absolute atomic E-state index is 0.247. The number of thioether (sulfide) groups is 1. The summed E-state index contributed by atoms with van der Waals surface area (Å²) in [5.74, 6) is 6.99. The summed E-state index contributed by atoms with van der Waals surface area (Å²) in [6.45, 7) is 2.12. The van der Waals surface area contributed by atoms with Gasteiger partial charge in [0, 0.05) is 30.7 Å². The Kier molecular flexibility index (Phi) is 5.48. The van der Waals surface area contributed by atoms with Crippen LogP contribution in [-0.4, -0.2) is 44.7 Å². The zero-order valence-corrected chi connectivity index (χ0v) is 14.5. The van der Waals surface area contributed by atoms with Crippen LogP contribution in [0.25, 0.3) is 5.69 Å². The quantitative estimate of drug-likeness (QED) is 0.416. The highest BCUT2D eigenvalue weighted by Crippen LogP contribution is 2.24. The van der Waals surface area contributed by atoms with Gasteiger partial charge in [-0.05, 0) is 24.4 Å². The number of aromatic nitrogens is 3. The van der Waals surface area contributed by atoms with Crippen LogP contribution >= 0.6 is 24.0 Å². The molecule has 1 aliphatic rings. The summed E-state index contributed by atoms with van der Waals surface area (Å²) in [5.41, 5.74) is 4.26. The van der Waals surface area contributed by atoms with Gasteiger partial charge in [-0.15, -0.1) is 5.10 Å². The Hall–Kier alpha value is -1.91. The molecule has 2 aromatic rings. The molecule has 3 rings (SSSR count). The molecule has 1 aromatic heterocycles. The molecule has 10 heteroatoms. The van der Waals surface area contributed by atoms with Crippen LogP contribution in [0.2, 0.25) is 0 Å². The second-order valence-corrected chi connectivity index (χ2v) is 6.85. The van der Waals surface area contributed by atoms with Gasteiger partial charge in [-0.1, -0.05) is 5.21 Å². The van der Waals surface area contributed by atoms with Crippen molar-refractivity contribution in [2.45, 2.75) is 6.54 Å². The number of nitrogens with two attached hydrogens (primary N) is 1. The number of halogens is 1. The first-order valence-corrected chi connectivity index (χ1v) is 9.02. The third-order valence-electron chi connectivity index (χ3n) is 3.65. The molecular weight excluding hydrogens is 349 g/mol. The molecule has 128 valence electrons. The fraction of sp³-hybridized carbons (Fsp3) is 0.357. The summed E-state index contributed by atoms with van der Waals surface area (Å²) >= 11 is 6.79. The van der Waals surface area contributed by atoms with E-state index in [0.717, 1.165) is 24.6 Å². The molecule has 1 fully saturated rings. The first-order chi connectivity index (χ1) is 11.7. The molecular formula is C14H18FN7S2. The number of hydrogen-bond donors (Lipinski definition) is 3. The Balaban J connectivity index is 1.72. The molecule has 0 unspecified atom stereocenters. The van der Waals surface area contributed by atoms with Crippen molar-refractivity contribution in [3.05, 3.63) is 35.9 Å². The summed E-state index contributed by atoms with van der Waals surface area (Å²) in [5, 5.41) is 11.2. The maximum absolute atomic E-state index is 14.5. The number of thiocarbonyl (C=S) groups is 1. The number of rotatable bonds is 4. The van der Waals surface area contributed by atoms with Gasteiger partial charge in [-0.25, -0.2) is 14.9 Å². The molecule has 0 spiro atoms. The minimum atomic E-state index is -0.247. The van der Waals surface area contributed by atoms with Crippen molar-refractivity contribution in [2.75, 3.05) is 29.5 Å². The SMILES string of the molecule is NNC(=S)NCc1cn(-c2ccc(N3CCSCC3)c(F)c2)nn1. The Labute approximate surface area is 148 Å². The van der Waals surface area contributed by atoms with Gasteiger partial charge in [0.2, 0.25) is 0 Å². The van der Waals surface area contributed by atoms with Crippen LogP contribution in [0.15, 0.2) is 24.4 Å². The normalized spacial score (nSPS) is 14.5. The van der Waals surface area contributed by atoms with E-state index in [1.807, 2.05) is 17.8 Å². The van der Waals surface area contributed by atoms with E-state index in [1.165, 1.54) is 10.7 Å². The van der Waals surface area contributed by atoms with Gasteiger partial charge in [0.1, 0.15) is 11.5 Å². The van der Waals surface area contributed by atoms with E-state index < -0.39 is 0 Å². The number of hydrogen-bond acceptors (Lipinski definition) is 6. The van der Waals surface area contributed by atoms with E-state index in [-0.39, 0.29) is 5.82 Å². The average molecular weight is 367 g/mol. The Morgan fingerprint density at radius 2 is 2.17 bits per heavy atom. The molecule has 0 saturated carbocycles. The summed E-state index contributed by atoms with van der Waals surface area (Å²) < 4.78 is 16.0. The summed E-state index contributed by atoms with van der Waals surface area (Å²) in [6, 6.07) is 5.13. The number of anilines is 1. The van der Waals surface area contributed by atoms with Gasteiger partial charge in [-0.2, -0.15) is 11.8 Å². The first kappa shape index (κ1) is 16.9. The van der Waals surface area contributed by atoms with E-state index in [9.17, 15) is 4.39 Å². The molecule has 7 nitrogen and oxygen atoms in total. The second-order valence-electron chi connectivity index (χ2n) is 5.22. The maximum atomic E-state index is 14.5. The van der Waals surface area contributed by atoms with Crippen molar-refractivity contribution in [3.8, 4) is 5.69 Å². The van der Waals surface area contributed by atoms with Crippen molar-refractivity contribution in [2.24, 2.45) is 5.84 Å². The molecule has 0 aliphatic carbocycles. The molecule has 0 radical (unpaired) electrons. The molecule has 0 bridgehead atoms. The van der Waals surface area contributed by atoms with Crippen LogP contribution in [0.3, 0.4) is 0 Å². The summed E-state index contributed by atoms with van der Waals surface area (Å²) in [4.78, 5) is 2.08. The van der Waals surface area contributed by atoms with Crippen LogP contribution in [-0.2, 0) is 6.54 Å². The van der Waals surface area contributed by atoms with Crippen molar-refractivity contribution in [1.29, 1.82) is 0 Å². The highest BCUT2D eigenvalue weighted by atomic mass is 32.2. The zero-order chi connectivity index (χ0) is 16.9. The van der Waals surface area contributed by atoms with Crippen LogP contribution in [0.1, 0.15) is 5.69 Å². The van der Waals surface area contributed by atoms with E-state index >= 15 is 0 Å². The number of benzene rings is 1. The van der Waals surface area contributed by atoms with Crippen LogP contribution in [0, 0.1) is 5.82 Å². The van der Waals surface area contributed by atoms with Gasteiger partial charge >= 0.3 is 0 Å². The molecule has 2 heterocycles. The predicted molar refractivity (Wildman–Crippen MR) is 97.6 cm³/mol. The van der Waals surface area contributed by atoms with Crippen molar-refractivity contribution in [3.63, 3.8) is 0 Å². The zero-order valence-electron chi connectivity index (χ0n) is 12.9. The van der Waals surface area contributed by atoms with E-state index in [0.29, 0.717) is 28.7 Å². The Morgan fingerprint density at radius 1 is 1.38 bits per heavy atom. The molecule has 24 heavy (non-hydrogen) atoms. The van der Waals surface area contributed by atoms with Crippen molar-refractivity contribution in [1.82, 2.24) is 25.7 Å². The van der Waals surface area contributed by atoms with E-state index in [4.69, 9.17) is 18.1 Å². The lowest BCUT2D eigenvalue weighted by atomic mass is 10.2. The summed E-state index contributed by atoms with van der Waals surface area (Å²) in [7, 11) is 0. The average Bonchev–Trinajstić information content (AvgIpc) is 3.09. The topological polar surface area (TPSA) is 84.0 Å². The molecule has 0 atom stereocenters. The summed E-state index contributed by atoms with van der Waals surface area (Å²) in [6.07, 6.45) is 1.72. The third kappa shape index (κ3) is 3.94. The number of nitrogens with one attached hydrogen (secondary N) is 2. The lowest BCUT2D eigenvalue weighted by molar-refractivity contribution is 0.617. The highest BCUT2D eigenvalue weighted by Gasteiger charge is 2.16. The standard InChI is InChI=1S/C14H18FN7S2/c15-12-7-11(1-2-13(12)21-3-5-24-6-4-21)22-9-10(19-20-22)8-17-14(23)18-16/h1-2,7,9H,3-6,8,16H2,(H2,17,18,23). The van der Waals surface area contributed by atoms with Crippen molar-refractivity contribution < 1.29 is 4.39 Å². The van der Waals surface area contributed by atoms with Crippen LogP contribution < -0.4 is 21.5 Å². The van der Waals surface area contributed by atoms with E-state index in [2.05, 4.69) is 26.0 Å². The minimum Gasteiger partial charge on any atom is -0.368 e. The lowest BCUT2D eigenvalue weighted by Gasteiger charge is -2.28. The largest absolute Gasteiger partial charge is 0.368 e. The van der Waals surface area contributed by atoms with Gasteiger partial charge in [0.05, 0.1) is 24.1 Å². The second kappa shape index (κ2) is 7.77. The number of nitrogens with zero attached hydrogens (tertiary/aromatic N) is 4. The molecule has 1 aliphatic heterocycles. The Bertz CT molecular complexity index is 715. The molecule has 0 amide bonds. The fourth-order valence-corrected chi connectivity index (χ4v) is 3.40. The van der Waals surface area contributed by atoms with Gasteiger partial charge in [0.25, 0.3) is 0 Å². The highest BCUT2D eigenvalue weighted by molar-refractivity contribution is 7.99. The maximum Gasteiger partial charge on any atom is 0.180 e. The van der Waals surface area contributed by atoms with Gasteiger partial charge < -0.3 is 15.6 Å². The smallest absolute Gasteiger partial charge is 0.180 e. The molecule has 1 saturated heterocycles. The molecule has 1 aromatic carbocycles. The number of hydrazine groups is 1. The third-order valence-corrected chi connectivity index (χ3v) is 4.85. The van der Waals surface area contributed by atoms with Crippen LogP contribution in [0.5, 0.6) is 0 Å². The monoisotopic (exact) mass is 367 g/mol. The van der Waals surface area contributed by atoms with Crippen LogP contribution in [0.4, 0.5) is 10.1 Å². The van der Waals surface area contributed by atoms with Gasteiger partial charge in [-0.3, -0.25) is 0 Å². The Morgan fingerprint density at radius 3 is 2.88 bits per heavy atom. The first-order valence-electron chi connectivity index (χ1n) is 7.45. The van der Waals surface area contributed by atoms with Crippen molar-refractivity contribution >= 4 is 34.8 Å². The predicted octanol–water partition coefficient (Wildman–Crippen LogP) is 0.797. The fourth-order valence-electron chi connectivity index (χ4n) is 2.43. The molecule has 4 N–H and O–H groups in total. The van der Waals surface area contributed by atoms with E-state index in [1.54, 1.807) is 12.3 Å². The van der Waals surface area contributed by atoms with Gasteiger partial charge in [0.15, 0.2) is 5.11 Å². The lowest BCUT2D eigenvalue weighted by Crippen LogP contribution is -2.39.